The zero-order chi connectivity index (χ0) is 13.8. The van der Waals surface area contributed by atoms with Gasteiger partial charge in [-0.3, -0.25) is 4.79 Å². The molecule has 1 aromatic rings. The number of carbonyl (C=O) groups excluding carboxylic acids is 1. The summed E-state index contributed by atoms with van der Waals surface area (Å²) in [5.74, 6) is 0.138. The molecule has 0 bridgehead atoms. The van der Waals surface area contributed by atoms with E-state index in [1.165, 1.54) is 5.56 Å². The molecule has 1 aromatic carbocycles. The molecular weight excluding hydrogens is 224 g/mol. The minimum Gasteiger partial charge on any atom is -0.330 e. The Hall–Kier alpha value is -1.35. The highest BCUT2D eigenvalue weighted by molar-refractivity contribution is 5.97. The molecule has 0 unspecified atom stereocenters. The highest BCUT2D eigenvalue weighted by Gasteiger charge is 2.31. The lowest BCUT2D eigenvalue weighted by atomic mass is 9.87. The molecule has 0 aliphatic rings. The fourth-order valence-corrected chi connectivity index (χ4v) is 2.00. The van der Waals surface area contributed by atoms with Crippen LogP contribution < -0.4 is 10.6 Å². The number of hydrogen-bond acceptors (Lipinski definition) is 2. The van der Waals surface area contributed by atoms with E-state index in [0.29, 0.717) is 19.5 Å². The number of aryl methyl sites for hydroxylation is 1. The smallest absolute Gasteiger partial charge is 0.232 e. The predicted molar refractivity (Wildman–Crippen MR) is 76.7 cm³/mol. The number of amides is 1. The zero-order valence-corrected chi connectivity index (χ0v) is 11.9. The fourth-order valence-electron chi connectivity index (χ4n) is 2.00. The van der Waals surface area contributed by atoms with Crippen LogP contribution in [-0.2, 0) is 4.79 Å². The van der Waals surface area contributed by atoms with Crippen LogP contribution in [0.4, 0.5) is 5.69 Å². The van der Waals surface area contributed by atoms with E-state index in [9.17, 15) is 4.79 Å². The lowest BCUT2D eigenvalue weighted by Crippen LogP contribution is -2.42. The van der Waals surface area contributed by atoms with Gasteiger partial charge in [0.1, 0.15) is 0 Å². The van der Waals surface area contributed by atoms with Gasteiger partial charge < -0.3 is 10.6 Å². The van der Waals surface area contributed by atoms with Gasteiger partial charge in [0.15, 0.2) is 0 Å². The minimum atomic E-state index is -0.407. The van der Waals surface area contributed by atoms with Gasteiger partial charge in [-0.1, -0.05) is 31.5 Å². The third-order valence-corrected chi connectivity index (χ3v) is 3.26. The van der Waals surface area contributed by atoms with Crippen molar-refractivity contribution in [2.24, 2.45) is 11.1 Å². The second-order valence-corrected chi connectivity index (χ2v) is 5.31. The van der Waals surface area contributed by atoms with Crippen LogP contribution in [0.1, 0.15) is 32.8 Å². The molecule has 0 aromatic heterocycles. The quantitative estimate of drug-likeness (QED) is 0.871. The Morgan fingerprint density at radius 2 is 1.83 bits per heavy atom. The molecule has 1 amide bonds. The van der Waals surface area contributed by atoms with Crippen LogP contribution in [0, 0.1) is 12.3 Å². The summed E-state index contributed by atoms with van der Waals surface area (Å²) >= 11 is 0. The number of carbonyl (C=O) groups is 1. The van der Waals surface area contributed by atoms with Gasteiger partial charge in [0.05, 0.1) is 0 Å². The lowest BCUT2D eigenvalue weighted by Gasteiger charge is -2.31. The van der Waals surface area contributed by atoms with Crippen LogP contribution in [0.2, 0.25) is 0 Å². The van der Waals surface area contributed by atoms with E-state index >= 15 is 0 Å². The van der Waals surface area contributed by atoms with E-state index in [-0.39, 0.29) is 5.91 Å². The molecule has 0 spiro atoms. The summed E-state index contributed by atoms with van der Waals surface area (Å²) in [4.78, 5) is 14.4. The Morgan fingerprint density at radius 1 is 1.28 bits per heavy atom. The average molecular weight is 248 g/mol. The van der Waals surface area contributed by atoms with Crippen molar-refractivity contribution < 1.29 is 4.79 Å². The van der Waals surface area contributed by atoms with E-state index in [2.05, 4.69) is 0 Å². The van der Waals surface area contributed by atoms with Crippen molar-refractivity contribution in [1.29, 1.82) is 0 Å². The number of hydrogen-bond donors (Lipinski definition) is 1. The maximum absolute atomic E-state index is 12.5. The Bertz CT molecular complexity index is 395. The standard InChI is InChI=1S/C15H24N2O/c1-5-17(13-8-6-12(2)7-9-13)14(18)15(3,4)10-11-16/h6-9H,5,10-11,16H2,1-4H3. The average Bonchev–Trinajstić information content (AvgIpc) is 2.32. The first kappa shape index (κ1) is 14.7. The molecule has 0 aliphatic heterocycles. The molecule has 100 valence electrons. The zero-order valence-electron chi connectivity index (χ0n) is 11.9. The molecule has 0 aliphatic carbocycles. The second-order valence-electron chi connectivity index (χ2n) is 5.31. The predicted octanol–water partition coefficient (Wildman–Crippen LogP) is 2.72. The highest BCUT2D eigenvalue weighted by atomic mass is 16.2. The molecule has 3 heteroatoms. The number of anilines is 1. The van der Waals surface area contributed by atoms with Crippen LogP contribution in [-0.4, -0.2) is 19.0 Å². The van der Waals surface area contributed by atoms with Crippen LogP contribution in [0.5, 0.6) is 0 Å². The Kier molecular flexibility index (Phi) is 4.91. The molecule has 2 N–H and O–H groups in total. The van der Waals surface area contributed by atoms with Gasteiger partial charge in [-0.25, -0.2) is 0 Å². The first-order valence-electron chi connectivity index (χ1n) is 6.51. The van der Waals surface area contributed by atoms with E-state index in [0.717, 1.165) is 5.69 Å². The summed E-state index contributed by atoms with van der Waals surface area (Å²) in [6, 6.07) is 8.05. The topological polar surface area (TPSA) is 46.3 Å². The maximum Gasteiger partial charge on any atom is 0.232 e. The Morgan fingerprint density at radius 3 is 2.28 bits per heavy atom. The van der Waals surface area contributed by atoms with Gasteiger partial charge in [-0.15, -0.1) is 0 Å². The maximum atomic E-state index is 12.5. The van der Waals surface area contributed by atoms with Crippen molar-refractivity contribution in [3.05, 3.63) is 29.8 Å². The van der Waals surface area contributed by atoms with Crippen molar-refractivity contribution in [1.82, 2.24) is 0 Å². The van der Waals surface area contributed by atoms with Crippen LogP contribution in [0.25, 0.3) is 0 Å². The number of rotatable bonds is 5. The van der Waals surface area contributed by atoms with Crippen molar-refractivity contribution in [2.45, 2.75) is 34.1 Å². The van der Waals surface area contributed by atoms with Gasteiger partial charge in [-0.05, 0) is 38.9 Å². The molecule has 0 saturated carbocycles. The van der Waals surface area contributed by atoms with E-state index in [1.807, 2.05) is 56.9 Å². The Balaban J connectivity index is 2.96. The monoisotopic (exact) mass is 248 g/mol. The normalized spacial score (nSPS) is 11.4. The molecular formula is C15H24N2O. The number of nitrogens with two attached hydrogens (primary N) is 1. The molecule has 1 rings (SSSR count). The van der Waals surface area contributed by atoms with Crippen LogP contribution >= 0.6 is 0 Å². The molecule has 0 radical (unpaired) electrons. The van der Waals surface area contributed by atoms with E-state index in [1.54, 1.807) is 0 Å². The van der Waals surface area contributed by atoms with Gasteiger partial charge in [-0.2, -0.15) is 0 Å². The van der Waals surface area contributed by atoms with E-state index < -0.39 is 5.41 Å². The molecule has 0 saturated heterocycles. The summed E-state index contributed by atoms with van der Waals surface area (Å²) < 4.78 is 0. The molecule has 0 heterocycles. The summed E-state index contributed by atoms with van der Waals surface area (Å²) in [5.41, 5.74) is 7.33. The first-order chi connectivity index (χ1) is 8.42. The summed E-state index contributed by atoms with van der Waals surface area (Å²) in [6.45, 7) is 9.16. The highest BCUT2D eigenvalue weighted by Crippen LogP contribution is 2.26. The third kappa shape index (κ3) is 3.33. The van der Waals surface area contributed by atoms with Crippen molar-refractivity contribution in [3.63, 3.8) is 0 Å². The van der Waals surface area contributed by atoms with Gasteiger partial charge in [0, 0.05) is 17.6 Å². The van der Waals surface area contributed by atoms with Crippen molar-refractivity contribution in [3.8, 4) is 0 Å². The van der Waals surface area contributed by atoms with Gasteiger partial charge >= 0.3 is 0 Å². The van der Waals surface area contributed by atoms with Gasteiger partial charge in [0.25, 0.3) is 0 Å². The number of benzene rings is 1. The second kappa shape index (κ2) is 6.01. The van der Waals surface area contributed by atoms with Crippen molar-refractivity contribution >= 4 is 11.6 Å². The van der Waals surface area contributed by atoms with Crippen LogP contribution in [0.15, 0.2) is 24.3 Å². The lowest BCUT2D eigenvalue weighted by molar-refractivity contribution is -0.126. The fraction of sp³-hybridized carbons (Fsp3) is 0.533. The molecule has 0 atom stereocenters. The molecule has 18 heavy (non-hydrogen) atoms. The SMILES string of the molecule is CCN(C(=O)C(C)(C)CCN)c1ccc(C)cc1. The Labute approximate surface area is 110 Å². The van der Waals surface area contributed by atoms with Crippen LogP contribution in [0.3, 0.4) is 0 Å². The molecule has 0 fully saturated rings. The minimum absolute atomic E-state index is 0.138. The summed E-state index contributed by atoms with van der Waals surface area (Å²) in [5, 5.41) is 0. The molecule has 3 nitrogen and oxygen atoms in total. The third-order valence-electron chi connectivity index (χ3n) is 3.26. The first-order valence-corrected chi connectivity index (χ1v) is 6.51. The largest absolute Gasteiger partial charge is 0.330 e. The van der Waals surface area contributed by atoms with Gasteiger partial charge in [0.2, 0.25) is 5.91 Å². The van der Waals surface area contributed by atoms with E-state index in [4.69, 9.17) is 5.73 Å². The summed E-state index contributed by atoms with van der Waals surface area (Å²) in [7, 11) is 0. The number of nitrogens with zero attached hydrogens (tertiary/aromatic N) is 1. The summed E-state index contributed by atoms with van der Waals surface area (Å²) in [6.07, 6.45) is 0.703. The van der Waals surface area contributed by atoms with Crippen molar-refractivity contribution in [2.75, 3.05) is 18.0 Å².